The molecule has 0 bridgehead atoms. The highest BCUT2D eigenvalue weighted by molar-refractivity contribution is 5.82. The third-order valence-corrected chi connectivity index (χ3v) is 3.35. The van der Waals surface area contributed by atoms with Gasteiger partial charge in [-0.25, -0.2) is 0 Å². The second-order valence-electron chi connectivity index (χ2n) is 5.09. The molecule has 1 N–H and O–H groups in total. The van der Waals surface area contributed by atoms with Crippen molar-refractivity contribution < 1.29 is 0 Å². The van der Waals surface area contributed by atoms with Gasteiger partial charge in [0.05, 0.1) is 5.52 Å². The molecule has 0 amide bonds. The third kappa shape index (κ3) is 2.68. The predicted octanol–water partition coefficient (Wildman–Crippen LogP) is 4.42. The van der Waals surface area contributed by atoms with Gasteiger partial charge in [0.15, 0.2) is 0 Å². The number of fused-ring (bicyclic) bond motifs is 1. The van der Waals surface area contributed by atoms with E-state index in [4.69, 9.17) is 0 Å². The Bertz CT molecular complexity index is 483. The number of hydrogen-bond acceptors (Lipinski definition) is 1. The van der Waals surface area contributed by atoms with Gasteiger partial charge in [-0.2, -0.15) is 5.10 Å². The van der Waals surface area contributed by atoms with E-state index in [2.05, 4.69) is 49.2 Å². The molecule has 0 aliphatic carbocycles. The minimum atomic E-state index is 0.581. The van der Waals surface area contributed by atoms with Crippen LogP contribution in [-0.4, -0.2) is 10.2 Å². The summed E-state index contributed by atoms with van der Waals surface area (Å²) in [4.78, 5) is 0. The molecule has 2 rings (SSSR count). The van der Waals surface area contributed by atoms with Crippen molar-refractivity contribution in [1.29, 1.82) is 0 Å². The van der Waals surface area contributed by atoms with Crippen molar-refractivity contribution in [3.63, 3.8) is 0 Å². The molecular formula is C15H22N2. The standard InChI is InChI=1S/C15H22N2/c1-4-5-6-7-14-13-10-12(11(2)3)8-9-15(13)17-16-14/h8-11H,4-7H2,1-3H3,(H,16,17). The number of rotatable bonds is 5. The Morgan fingerprint density at radius 1 is 1.24 bits per heavy atom. The van der Waals surface area contributed by atoms with Gasteiger partial charge in [0.1, 0.15) is 0 Å². The van der Waals surface area contributed by atoms with E-state index in [-0.39, 0.29) is 0 Å². The van der Waals surface area contributed by atoms with Crippen molar-refractivity contribution >= 4 is 10.9 Å². The zero-order valence-corrected chi connectivity index (χ0v) is 11.1. The number of aryl methyl sites for hydroxylation is 1. The maximum Gasteiger partial charge on any atom is 0.0923 e. The Morgan fingerprint density at radius 2 is 2.06 bits per heavy atom. The smallest absolute Gasteiger partial charge is 0.0923 e. The van der Waals surface area contributed by atoms with Crippen LogP contribution in [0.1, 0.15) is 57.2 Å². The van der Waals surface area contributed by atoms with Crippen LogP contribution in [0.5, 0.6) is 0 Å². The molecule has 17 heavy (non-hydrogen) atoms. The van der Waals surface area contributed by atoms with Crippen molar-refractivity contribution in [2.24, 2.45) is 0 Å². The minimum absolute atomic E-state index is 0.581. The molecule has 0 aliphatic rings. The van der Waals surface area contributed by atoms with Crippen LogP contribution in [-0.2, 0) is 6.42 Å². The Balaban J connectivity index is 2.26. The van der Waals surface area contributed by atoms with E-state index in [0.29, 0.717) is 5.92 Å². The number of aromatic nitrogens is 2. The summed E-state index contributed by atoms with van der Waals surface area (Å²) < 4.78 is 0. The lowest BCUT2D eigenvalue weighted by atomic mass is 10.00. The number of H-pyrrole nitrogens is 1. The van der Waals surface area contributed by atoms with E-state index < -0.39 is 0 Å². The summed E-state index contributed by atoms with van der Waals surface area (Å²) in [5.74, 6) is 0.581. The summed E-state index contributed by atoms with van der Waals surface area (Å²) in [6.45, 7) is 6.71. The lowest BCUT2D eigenvalue weighted by Gasteiger charge is -2.05. The molecule has 1 aromatic heterocycles. The van der Waals surface area contributed by atoms with E-state index in [1.807, 2.05) is 0 Å². The van der Waals surface area contributed by atoms with Crippen LogP contribution in [0.2, 0.25) is 0 Å². The lowest BCUT2D eigenvalue weighted by Crippen LogP contribution is -1.89. The number of aromatic amines is 1. The molecule has 2 aromatic rings. The highest BCUT2D eigenvalue weighted by Gasteiger charge is 2.07. The minimum Gasteiger partial charge on any atom is -0.281 e. The first-order valence-electron chi connectivity index (χ1n) is 6.69. The summed E-state index contributed by atoms with van der Waals surface area (Å²) in [5.41, 5.74) is 3.80. The molecule has 2 heteroatoms. The van der Waals surface area contributed by atoms with Crippen LogP contribution in [0.3, 0.4) is 0 Å². The van der Waals surface area contributed by atoms with Crippen molar-refractivity contribution in [2.75, 3.05) is 0 Å². The predicted molar refractivity (Wildman–Crippen MR) is 73.4 cm³/mol. The quantitative estimate of drug-likeness (QED) is 0.757. The van der Waals surface area contributed by atoms with Gasteiger partial charge in [-0.05, 0) is 36.5 Å². The van der Waals surface area contributed by atoms with Gasteiger partial charge < -0.3 is 0 Å². The normalized spacial score (nSPS) is 11.5. The molecule has 0 unspecified atom stereocenters. The molecule has 0 radical (unpaired) electrons. The SMILES string of the molecule is CCCCCc1[nH]nc2ccc(C(C)C)cc12. The van der Waals surface area contributed by atoms with Gasteiger partial charge in [-0.15, -0.1) is 0 Å². The molecule has 0 spiro atoms. The van der Waals surface area contributed by atoms with E-state index in [1.165, 1.54) is 35.9 Å². The van der Waals surface area contributed by atoms with Crippen LogP contribution >= 0.6 is 0 Å². The van der Waals surface area contributed by atoms with Gasteiger partial charge in [-0.1, -0.05) is 39.7 Å². The van der Waals surface area contributed by atoms with Crippen LogP contribution in [0.25, 0.3) is 10.9 Å². The monoisotopic (exact) mass is 230 g/mol. The molecule has 92 valence electrons. The molecule has 2 nitrogen and oxygen atoms in total. The summed E-state index contributed by atoms with van der Waals surface area (Å²) >= 11 is 0. The highest BCUT2D eigenvalue weighted by Crippen LogP contribution is 2.23. The lowest BCUT2D eigenvalue weighted by molar-refractivity contribution is 0.707. The zero-order chi connectivity index (χ0) is 12.3. The number of hydrogen-bond donors (Lipinski definition) is 1. The number of benzene rings is 1. The van der Waals surface area contributed by atoms with E-state index >= 15 is 0 Å². The molecule has 0 saturated heterocycles. The fraction of sp³-hybridized carbons (Fsp3) is 0.533. The largest absolute Gasteiger partial charge is 0.281 e. The van der Waals surface area contributed by atoms with Crippen molar-refractivity contribution in [3.8, 4) is 0 Å². The van der Waals surface area contributed by atoms with Crippen LogP contribution in [0.15, 0.2) is 18.2 Å². The first-order chi connectivity index (χ1) is 8.22. The van der Waals surface area contributed by atoms with Gasteiger partial charge >= 0.3 is 0 Å². The van der Waals surface area contributed by atoms with Crippen molar-refractivity contribution in [1.82, 2.24) is 10.2 Å². The van der Waals surface area contributed by atoms with E-state index in [0.717, 1.165) is 11.9 Å². The zero-order valence-electron chi connectivity index (χ0n) is 11.1. The molecular weight excluding hydrogens is 208 g/mol. The van der Waals surface area contributed by atoms with Gasteiger partial charge in [0.25, 0.3) is 0 Å². The summed E-state index contributed by atoms with van der Waals surface area (Å²) in [5, 5.41) is 8.87. The fourth-order valence-electron chi connectivity index (χ4n) is 2.18. The molecule has 0 aliphatic heterocycles. The van der Waals surface area contributed by atoms with E-state index in [9.17, 15) is 0 Å². The fourth-order valence-corrected chi connectivity index (χ4v) is 2.18. The molecule has 0 atom stereocenters. The average molecular weight is 230 g/mol. The first kappa shape index (κ1) is 12.2. The maximum atomic E-state index is 4.37. The Kier molecular flexibility index (Phi) is 3.82. The van der Waals surface area contributed by atoms with Crippen LogP contribution < -0.4 is 0 Å². The topological polar surface area (TPSA) is 28.7 Å². The molecule has 1 heterocycles. The summed E-state index contributed by atoms with van der Waals surface area (Å²) in [6, 6.07) is 6.61. The second-order valence-corrected chi connectivity index (χ2v) is 5.09. The Hall–Kier alpha value is -1.31. The molecule has 0 fully saturated rings. The highest BCUT2D eigenvalue weighted by atomic mass is 15.1. The van der Waals surface area contributed by atoms with E-state index in [1.54, 1.807) is 0 Å². The average Bonchev–Trinajstić information content (AvgIpc) is 2.72. The Labute approximate surface area is 103 Å². The third-order valence-electron chi connectivity index (χ3n) is 3.35. The molecule has 1 aromatic carbocycles. The molecule has 0 saturated carbocycles. The number of unbranched alkanes of at least 4 members (excludes halogenated alkanes) is 2. The second kappa shape index (κ2) is 5.35. The Morgan fingerprint density at radius 3 is 2.76 bits per heavy atom. The van der Waals surface area contributed by atoms with Gasteiger partial charge in [-0.3, -0.25) is 5.10 Å². The maximum absolute atomic E-state index is 4.37. The van der Waals surface area contributed by atoms with Gasteiger partial charge in [0.2, 0.25) is 0 Å². The van der Waals surface area contributed by atoms with Crippen LogP contribution in [0.4, 0.5) is 0 Å². The number of nitrogens with zero attached hydrogens (tertiary/aromatic N) is 1. The van der Waals surface area contributed by atoms with Crippen LogP contribution in [0, 0.1) is 0 Å². The van der Waals surface area contributed by atoms with Crippen molar-refractivity contribution in [2.45, 2.75) is 52.4 Å². The van der Waals surface area contributed by atoms with Gasteiger partial charge in [0, 0.05) is 11.1 Å². The van der Waals surface area contributed by atoms with Crippen molar-refractivity contribution in [3.05, 3.63) is 29.5 Å². The number of nitrogens with one attached hydrogen (secondary N) is 1. The summed E-state index contributed by atoms with van der Waals surface area (Å²) in [6.07, 6.45) is 4.93. The first-order valence-corrected chi connectivity index (χ1v) is 6.69. The summed E-state index contributed by atoms with van der Waals surface area (Å²) in [7, 11) is 0.